The second-order valence-corrected chi connectivity index (χ2v) is 5.14. The molecule has 0 heterocycles. The van der Waals surface area contributed by atoms with E-state index in [0.717, 1.165) is 0 Å². The Labute approximate surface area is 116 Å². The maximum absolute atomic E-state index is 13.4. The van der Waals surface area contributed by atoms with Crippen molar-refractivity contribution in [2.75, 3.05) is 19.7 Å². The number of carbonyl (C=O) groups is 2. The highest BCUT2D eigenvalue weighted by molar-refractivity contribution is 5.83. The number of nitrogens with one attached hydrogen (secondary N) is 1. The smallest absolute Gasteiger partial charge is 0.325 e. The fourth-order valence-corrected chi connectivity index (χ4v) is 1.24. The maximum atomic E-state index is 13.4. The summed E-state index contributed by atoms with van der Waals surface area (Å²) in [6.45, 7) is 5.63. The van der Waals surface area contributed by atoms with Crippen molar-refractivity contribution in [1.82, 2.24) is 10.2 Å². The van der Waals surface area contributed by atoms with Gasteiger partial charge in [-0.15, -0.1) is 0 Å². The van der Waals surface area contributed by atoms with Gasteiger partial charge >= 0.3 is 5.97 Å². The fourth-order valence-electron chi connectivity index (χ4n) is 1.24. The Morgan fingerprint density at radius 1 is 1.25 bits per heavy atom. The van der Waals surface area contributed by atoms with Gasteiger partial charge in [-0.3, -0.25) is 14.5 Å². The van der Waals surface area contributed by atoms with Crippen molar-refractivity contribution in [3.8, 4) is 0 Å². The zero-order valence-electron chi connectivity index (χ0n) is 12.1. The molecule has 0 aromatic heterocycles. The van der Waals surface area contributed by atoms with Gasteiger partial charge in [0.05, 0.1) is 13.2 Å². The molecule has 0 aromatic carbocycles. The van der Waals surface area contributed by atoms with Gasteiger partial charge in [-0.1, -0.05) is 0 Å². The Kier molecular flexibility index (Phi) is 7.55. The van der Waals surface area contributed by atoms with Crippen LogP contribution in [0.3, 0.4) is 0 Å². The summed E-state index contributed by atoms with van der Waals surface area (Å²) in [4.78, 5) is 23.2. The molecule has 0 aliphatic heterocycles. The normalized spacial score (nSPS) is 13.2. The van der Waals surface area contributed by atoms with Crippen LogP contribution in [0.2, 0.25) is 0 Å². The fraction of sp³-hybridized carbons (Fsp3) is 0.833. The summed E-state index contributed by atoms with van der Waals surface area (Å²) in [5, 5.41) is 2.75. The second kappa shape index (κ2) is 8.08. The van der Waals surface area contributed by atoms with Crippen LogP contribution in [-0.4, -0.2) is 54.7 Å². The average molecular weight is 298 g/mol. The number of esters is 1. The number of nitrogens with zero attached hydrogens (tertiary/aromatic N) is 1. The molecule has 118 valence electrons. The molecule has 1 amide bonds. The van der Waals surface area contributed by atoms with E-state index in [1.165, 1.54) is 6.92 Å². The number of ether oxygens (including phenoxy) is 1. The molecule has 0 aliphatic rings. The molecule has 0 rings (SSSR count). The van der Waals surface area contributed by atoms with Gasteiger partial charge in [0.25, 0.3) is 6.43 Å². The number of alkyl halides is 3. The van der Waals surface area contributed by atoms with E-state index in [2.05, 4.69) is 10.1 Å². The predicted octanol–water partition coefficient (Wildman–Crippen LogP) is 1.33. The van der Waals surface area contributed by atoms with Gasteiger partial charge in [-0.05, 0) is 27.7 Å². The molecule has 0 radical (unpaired) electrons. The van der Waals surface area contributed by atoms with Crippen LogP contribution in [0.5, 0.6) is 0 Å². The highest BCUT2D eigenvalue weighted by Crippen LogP contribution is 2.12. The Balaban J connectivity index is 4.75. The minimum atomic E-state index is -3.39. The highest BCUT2D eigenvalue weighted by Gasteiger charge is 2.33. The summed E-state index contributed by atoms with van der Waals surface area (Å²) in [6.07, 6.45) is -6.23. The lowest BCUT2D eigenvalue weighted by molar-refractivity contribution is -0.157. The molecule has 1 atom stereocenters. The summed E-state index contributed by atoms with van der Waals surface area (Å²) in [7, 11) is 0. The summed E-state index contributed by atoms with van der Waals surface area (Å²) in [5.41, 5.74) is -0.443. The molecule has 8 heteroatoms. The van der Waals surface area contributed by atoms with Gasteiger partial charge in [-0.25, -0.2) is 13.2 Å². The van der Waals surface area contributed by atoms with Crippen LogP contribution in [0, 0.1) is 0 Å². The van der Waals surface area contributed by atoms with Crippen LogP contribution in [0.25, 0.3) is 0 Å². The Morgan fingerprint density at radius 2 is 1.80 bits per heavy atom. The minimum Gasteiger partial charge on any atom is -0.465 e. The topological polar surface area (TPSA) is 58.6 Å². The zero-order chi connectivity index (χ0) is 15.9. The third kappa shape index (κ3) is 7.32. The molecule has 0 saturated heterocycles. The second-order valence-electron chi connectivity index (χ2n) is 5.14. The molecule has 20 heavy (non-hydrogen) atoms. The lowest BCUT2D eigenvalue weighted by atomic mass is 10.1. The molecule has 0 saturated carbocycles. The lowest BCUT2D eigenvalue weighted by Gasteiger charge is -2.27. The van der Waals surface area contributed by atoms with Crippen LogP contribution in [0.4, 0.5) is 13.2 Å². The molecule has 1 N–H and O–H groups in total. The molecule has 0 bridgehead atoms. The molecule has 1 unspecified atom stereocenters. The standard InChI is InChI=1S/C12H21F3N2O3/c1-5-20-9(19)7-17(11(15)10(13)14)8(18)6-16-12(2,3)4/h10-11,16H,5-7H2,1-4H3. The number of halogens is 3. The van der Waals surface area contributed by atoms with Crippen molar-refractivity contribution in [2.24, 2.45) is 0 Å². The summed E-state index contributed by atoms with van der Waals surface area (Å²) in [5.74, 6) is -1.86. The predicted molar refractivity (Wildman–Crippen MR) is 67.0 cm³/mol. The van der Waals surface area contributed by atoms with Crippen LogP contribution < -0.4 is 5.32 Å². The first-order valence-corrected chi connectivity index (χ1v) is 6.20. The maximum Gasteiger partial charge on any atom is 0.325 e. The van der Waals surface area contributed by atoms with E-state index in [0.29, 0.717) is 0 Å². The van der Waals surface area contributed by atoms with Gasteiger partial charge in [0, 0.05) is 5.54 Å². The quantitative estimate of drug-likeness (QED) is 0.569. The highest BCUT2D eigenvalue weighted by atomic mass is 19.3. The Morgan fingerprint density at radius 3 is 2.20 bits per heavy atom. The molecule has 0 aliphatic carbocycles. The van der Waals surface area contributed by atoms with E-state index in [1.807, 2.05) is 0 Å². The summed E-state index contributed by atoms with van der Waals surface area (Å²) in [6, 6.07) is 0. The van der Waals surface area contributed by atoms with E-state index >= 15 is 0 Å². The first-order valence-electron chi connectivity index (χ1n) is 6.20. The minimum absolute atomic E-state index is 0.0206. The van der Waals surface area contributed by atoms with Crippen molar-refractivity contribution in [3.05, 3.63) is 0 Å². The van der Waals surface area contributed by atoms with Crippen molar-refractivity contribution in [1.29, 1.82) is 0 Å². The molecular formula is C12H21F3N2O3. The van der Waals surface area contributed by atoms with Crippen molar-refractivity contribution in [3.63, 3.8) is 0 Å². The van der Waals surface area contributed by atoms with Crippen LogP contribution in [0.15, 0.2) is 0 Å². The van der Waals surface area contributed by atoms with Gasteiger partial charge < -0.3 is 10.1 Å². The Bertz CT molecular complexity index is 332. The van der Waals surface area contributed by atoms with Gasteiger partial charge in [0.2, 0.25) is 12.2 Å². The number of hydrogen-bond donors (Lipinski definition) is 1. The lowest BCUT2D eigenvalue weighted by Crippen LogP contribution is -2.50. The van der Waals surface area contributed by atoms with Gasteiger partial charge in [-0.2, -0.15) is 0 Å². The Hall–Kier alpha value is -1.31. The van der Waals surface area contributed by atoms with Crippen LogP contribution >= 0.6 is 0 Å². The number of hydrogen-bond acceptors (Lipinski definition) is 4. The van der Waals surface area contributed by atoms with Crippen LogP contribution in [-0.2, 0) is 14.3 Å². The largest absolute Gasteiger partial charge is 0.465 e. The van der Waals surface area contributed by atoms with Crippen LogP contribution in [0.1, 0.15) is 27.7 Å². The first-order chi connectivity index (χ1) is 9.08. The molecule has 0 fully saturated rings. The average Bonchev–Trinajstić information content (AvgIpc) is 2.31. The molecule has 0 spiro atoms. The third-order valence-electron chi connectivity index (χ3n) is 2.20. The van der Waals surface area contributed by atoms with Crippen molar-refractivity contribution >= 4 is 11.9 Å². The SMILES string of the molecule is CCOC(=O)CN(C(=O)CNC(C)(C)C)C(F)C(F)F. The van der Waals surface area contributed by atoms with E-state index in [9.17, 15) is 22.8 Å². The summed E-state index contributed by atoms with van der Waals surface area (Å²) >= 11 is 0. The van der Waals surface area contributed by atoms with E-state index in [1.54, 1.807) is 20.8 Å². The molecular weight excluding hydrogens is 277 g/mol. The number of amides is 1. The van der Waals surface area contributed by atoms with Gasteiger partial charge in [0.1, 0.15) is 6.54 Å². The van der Waals surface area contributed by atoms with Crippen molar-refractivity contribution in [2.45, 2.75) is 46.0 Å². The first kappa shape index (κ1) is 18.7. The third-order valence-corrected chi connectivity index (χ3v) is 2.20. The van der Waals surface area contributed by atoms with E-state index in [-0.39, 0.29) is 18.1 Å². The summed E-state index contributed by atoms with van der Waals surface area (Å²) < 4.78 is 42.7. The van der Waals surface area contributed by atoms with E-state index < -0.39 is 36.7 Å². The molecule has 0 aromatic rings. The van der Waals surface area contributed by atoms with Gasteiger partial charge in [0.15, 0.2) is 0 Å². The van der Waals surface area contributed by atoms with E-state index in [4.69, 9.17) is 0 Å². The zero-order valence-corrected chi connectivity index (χ0v) is 12.1. The number of rotatable bonds is 7. The van der Waals surface area contributed by atoms with Crippen molar-refractivity contribution < 1.29 is 27.5 Å². The monoisotopic (exact) mass is 298 g/mol. The number of carbonyl (C=O) groups excluding carboxylic acids is 2. The molecule has 5 nitrogen and oxygen atoms in total.